The maximum atomic E-state index is 14.4. The van der Waals surface area contributed by atoms with Crippen molar-refractivity contribution >= 4 is 17.3 Å². The number of hydrogen-bond acceptors (Lipinski definition) is 4. The van der Waals surface area contributed by atoms with Gasteiger partial charge in [0.25, 0.3) is 0 Å². The third-order valence-electron chi connectivity index (χ3n) is 3.37. The molecule has 2 heterocycles. The van der Waals surface area contributed by atoms with Crippen molar-refractivity contribution in [2.75, 3.05) is 11.4 Å². The highest BCUT2D eigenvalue weighted by Gasteiger charge is 2.30. The van der Waals surface area contributed by atoms with Gasteiger partial charge in [-0.25, -0.2) is 4.39 Å². The zero-order chi connectivity index (χ0) is 13.6. The van der Waals surface area contributed by atoms with Gasteiger partial charge in [-0.1, -0.05) is 11.6 Å². The quantitative estimate of drug-likeness (QED) is 0.918. The monoisotopic (exact) mass is 281 g/mol. The summed E-state index contributed by atoms with van der Waals surface area (Å²) in [6.07, 6.45) is 0.846. The summed E-state index contributed by atoms with van der Waals surface area (Å²) in [6.45, 7) is 4.99. The van der Waals surface area contributed by atoms with Crippen LogP contribution in [0, 0.1) is 5.82 Å². The lowest BCUT2D eigenvalue weighted by Crippen LogP contribution is -2.29. The fourth-order valence-electron chi connectivity index (χ4n) is 2.53. The minimum Gasteiger partial charge on any atom is -0.368 e. The standard InChI is InChI=1S/C12H13ClFN5/c1-6(2)19-4-3-7-5-8(13)10(14)9(11(7)19)12-15-17-18-16-12/h5-6H,3-4H2,1-2H3,(H,15,16,17,18). The largest absolute Gasteiger partial charge is 0.368 e. The highest BCUT2D eigenvalue weighted by atomic mass is 35.5. The predicted octanol–water partition coefficient (Wildman–Crippen LogP) is 2.43. The lowest BCUT2D eigenvalue weighted by atomic mass is 10.1. The van der Waals surface area contributed by atoms with Gasteiger partial charge >= 0.3 is 0 Å². The van der Waals surface area contributed by atoms with Crippen molar-refractivity contribution in [3.8, 4) is 11.4 Å². The van der Waals surface area contributed by atoms with Crippen LogP contribution in [0.5, 0.6) is 0 Å². The van der Waals surface area contributed by atoms with Crippen LogP contribution in [0.4, 0.5) is 10.1 Å². The van der Waals surface area contributed by atoms with Gasteiger partial charge < -0.3 is 4.90 Å². The average molecular weight is 282 g/mol. The van der Waals surface area contributed by atoms with Gasteiger partial charge in [-0.05, 0) is 37.1 Å². The Morgan fingerprint density at radius 1 is 1.47 bits per heavy atom. The van der Waals surface area contributed by atoms with E-state index >= 15 is 0 Å². The summed E-state index contributed by atoms with van der Waals surface area (Å²) in [6, 6.07) is 1.96. The number of fused-ring (bicyclic) bond motifs is 1. The number of anilines is 1. The predicted molar refractivity (Wildman–Crippen MR) is 70.8 cm³/mol. The van der Waals surface area contributed by atoms with Crippen LogP contribution in [-0.2, 0) is 6.42 Å². The zero-order valence-electron chi connectivity index (χ0n) is 10.6. The third-order valence-corrected chi connectivity index (χ3v) is 3.65. The van der Waals surface area contributed by atoms with Gasteiger partial charge in [-0.2, -0.15) is 5.21 Å². The van der Waals surface area contributed by atoms with E-state index in [1.54, 1.807) is 6.07 Å². The summed E-state index contributed by atoms with van der Waals surface area (Å²) < 4.78 is 14.4. The van der Waals surface area contributed by atoms with Gasteiger partial charge in [0.05, 0.1) is 16.3 Å². The number of rotatable bonds is 2. The Morgan fingerprint density at radius 3 is 2.89 bits per heavy atom. The van der Waals surface area contributed by atoms with Gasteiger partial charge in [0.1, 0.15) is 0 Å². The Balaban J connectivity index is 2.28. The summed E-state index contributed by atoms with van der Waals surface area (Å²) in [5, 5.41) is 13.7. The smallest absolute Gasteiger partial charge is 0.209 e. The number of aromatic amines is 1. The van der Waals surface area contributed by atoms with Gasteiger partial charge in [0.15, 0.2) is 5.82 Å². The third kappa shape index (κ3) is 1.87. The first kappa shape index (κ1) is 12.3. The van der Waals surface area contributed by atoms with Crippen molar-refractivity contribution in [1.29, 1.82) is 0 Å². The van der Waals surface area contributed by atoms with Crippen LogP contribution in [0.25, 0.3) is 11.4 Å². The number of hydrogen-bond donors (Lipinski definition) is 1. The number of H-pyrrole nitrogens is 1. The van der Waals surface area contributed by atoms with Crippen molar-refractivity contribution < 1.29 is 4.39 Å². The SMILES string of the molecule is CC(C)N1CCc2cc(Cl)c(F)c(-c3nn[nH]n3)c21. The fraction of sp³-hybridized carbons (Fsp3) is 0.417. The molecule has 0 atom stereocenters. The van der Waals surface area contributed by atoms with Crippen molar-refractivity contribution in [3.05, 3.63) is 22.5 Å². The van der Waals surface area contributed by atoms with E-state index in [0.29, 0.717) is 5.56 Å². The summed E-state index contributed by atoms with van der Waals surface area (Å²) >= 11 is 5.96. The van der Waals surface area contributed by atoms with E-state index in [1.807, 2.05) is 0 Å². The topological polar surface area (TPSA) is 57.7 Å². The van der Waals surface area contributed by atoms with E-state index in [1.165, 1.54) is 0 Å². The maximum Gasteiger partial charge on any atom is 0.209 e. The Morgan fingerprint density at radius 2 is 2.26 bits per heavy atom. The number of nitrogens with one attached hydrogen (secondary N) is 1. The molecule has 19 heavy (non-hydrogen) atoms. The second kappa shape index (κ2) is 4.45. The maximum absolute atomic E-state index is 14.4. The molecule has 0 unspecified atom stereocenters. The van der Waals surface area contributed by atoms with E-state index < -0.39 is 5.82 Å². The van der Waals surface area contributed by atoms with Crippen molar-refractivity contribution in [2.45, 2.75) is 26.3 Å². The molecule has 1 N–H and O–H groups in total. The summed E-state index contributed by atoms with van der Waals surface area (Å²) in [4.78, 5) is 2.14. The first-order valence-corrected chi connectivity index (χ1v) is 6.48. The Kier molecular flexibility index (Phi) is 2.89. The second-order valence-electron chi connectivity index (χ2n) is 4.83. The normalized spacial score (nSPS) is 14.3. The van der Waals surface area contributed by atoms with Crippen LogP contribution in [0.3, 0.4) is 0 Å². The molecule has 0 saturated heterocycles. The van der Waals surface area contributed by atoms with E-state index in [0.717, 1.165) is 24.2 Å². The molecule has 0 aliphatic carbocycles. The van der Waals surface area contributed by atoms with Crippen LogP contribution < -0.4 is 4.90 Å². The van der Waals surface area contributed by atoms with Crippen molar-refractivity contribution in [2.24, 2.45) is 0 Å². The highest BCUT2D eigenvalue weighted by molar-refractivity contribution is 6.31. The van der Waals surface area contributed by atoms with E-state index in [4.69, 9.17) is 11.6 Å². The molecular formula is C12H13ClFN5. The first-order chi connectivity index (χ1) is 9.09. The molecule has 3 rings (SSSR count). The Labute approximate surface area is 114 Å². The van der Waals surface area contributed by atoms with Crippen LogP contribution in [0.2, 0.25) is 5.02 Å². The van der Waals surface area contributed by atoms with Crippen LogP contribution in [0.15, 0.2) is 6.07 Å². The average Bonchev–Trinajstić information content (AvgIpc) is 2.99. The number of nitrogens with zero attached hydrogens (tertiary/aromatic N) is 4. The molecule has 1 aromatic heterocycles. The lowest BCUT2D eigenvalue weighted by Gasteiger charge is -2.26. The Hall–Kier alpha value is -1.69. The van der Waals surface area contributed by atoms with E-state index in [-0.39, 0.29) is 16.9 Å². The molecule has 0 spiro atoms. The van der Waals surface area contributed by atoms with Gasteiger partial charge in [-0.15, -0.1) is 10.2 Å². The van der Waals surface area contributed by atoms with Crippen LogP contribution in [0.1, 0.15) is 19.4 Å². The molecule has 1 aromatic carbocycles. The summed E-state index contributed by atoms with van der Waals surface area (Å²) in [7, 11) is 0. The summed E-state index contributed by atoms with van der Waals surface area (Å²) in [5.41, 5.74) is 2.20. The van der Waals surface area contributed by atoms with Gasteiger partial charge in [-0.3, -0.25) is 0 Å². The molecule has 1 aliphatic rings. The van der Waals surface area contributed by atoms with Gasteiger partial charge in [0, 0.05) is 12.6 Å². The highest BCUT2D eigenvalue weighted by Crippen LogP contribution is 2.42. The molecule has 0 fully saturated rings. The number of benzene rings is 1. The minimum absolute atomic E-state index is 0.101. The van der Waals surface area contributed by atoms with Crippen LogP contribution in [-0.4, -0.2) is 33.2 Å². The number of tetrazole rings is 1. The second-order valence-corrected chi connectivity index (χ2v) is 5.23. The van der Waals surface area contributed by atoms with Crippen molar-refractivity contribution in [3.63, 3.8) is 0 Å². The fourth-order valence-corrected chi connectivity index (χ4v) is 2.75. The number of aromatic nitrogens is 4. The molecule has 2 aromatic rings. The molecule has 0 amide bonds. The van der Waals surface area contributed by atoms with Crippen LogP contribution >= 0.6 is 11.6 Å². The molecule has 100 valence electrons. The zero-order valence-corrected chi connectivity index (χ0v) is 11.4. The minimum atomic E-state index is -0.491. The molecule has 0 radical (unpaired) electrons. The summed E-state index contributed by atoms with van der Waals surface area (Å²) in [5.74, 6) is -0.252. The molecule has 0 bridgehead atoms. The molecule has 7 heteroatoms. The number of halogens is 2. The lowest BCUT2D eigenvalue weighted by molar-refractivity contribution is 0.628. The Bertz CT molecular complexity index is 611. The van der Waals surface area contributed by atoms with E-state index in [9.17, 15) is 4.39 Å². The van der Waals surface area contributed by atoms with Gasteiger partial charge in [0.2, 0.25) is 5.82 Å². The first-order valence-electron chi connectivity index (χ1n) is 6.11. The molecule has 1 aliphatic heterocycles. The molecular weight excluding hydrogens is 269 g/mol. The van der Waals surface area contributed by atoms with E-state index in [2.05, 4.69) is 39.4 Å². The molecule has 0 saturated carbocycles. The molecule has 5 nitrogen and oxygen atoms in total. The van der Waals surface area contributed by atoms with Crippen molar-refractivity contribution in [1.82, 2.24) is 20.6 Å².